The second-order valence-electron chi connectivity index (χ2n) is 7.55. The van der Waals surface area contributed by atoms with Crippen LogP contribution in [0.1, 0.15) is 17.3 Å². The van der Waals surface area contributed by atoms with E-state index in [-0.39, 0.29) is 23.2 Å². The Morgan fingerprint density at radius 3 is 2.56 bits per heavy atom. The van der Waals surface area contributed by atoms with E-state index in [0.29, 0.717) is 16.3 Å². The van der Waals surface area contributed by atoms with Crippen LogP contribution < -0.4 is 10.3 Å². The average Bonchev–Trinajstić information content (AvgIpc) is 2.69. The first kappa shape index (κ1) is 16.1. The molecular formula is C23H20N2O2. The number of aryl methyl sites for hydroxylation is 1. The number of hydrogen-bond donors (Lipinski definition) is 0. The van der Waals surface area contributed by atoms with Gasteiger partial charge in [0.05, 0.1) is 23.0 Å². The highest BCUT2D eigenvalue weighted by Crippen LogP contribution is 2.38. The average molecular weight is 356 g/mol. The summed E-state index contributed by atoms with van der Waals surface area (Å²) in [6.07, 6.45) is 6.20. The zero-order chi connectivity index (χ0) is 18.9. The van der Waals surface area contributed by atoms with Gasteiger partial charge in [-0.3, -0.25) is 9.59 Å². The fourth-order valence-electron chi connectivity index (χ4n) is 4.51. The van der Waals surface area contributed by atoms with Gasteiger partial charge in [0.2, 0.25) is 0 Å². The van der Waals surface area contributed by atoms with Gasteiger partial charge in [0.15, 0.2) is 11.2 Å². The predicted molar refractivity (Wildman–Crippen MR) is 110 cm³/mol. The number of nitrogens with zero attached hydrogens (tertiary/aromatic N) is 2. The summed E-state index contributed by atoms with van der Waals surface area (Å²) in [6.45, 7) is 2.02. The fourth-order valence-corrected chi connectivity index (χ4v) is 4.51. The van der Waals surface area contributed by atoms with Crippen molar-refractivity contribution < 1.29 is 4.79 Å². The van der Waals surface area contributed by atoms with Crippen molar-refractivity contribution in [2.75, 3.05) is 11.9 Å². The molecule has 1 aromatic heterocycles. The van der Waals surface area contributed by atoms with E-state index in [2.05, 4.69) is 23.1 Å². The third-order valence-corrected chi connectivity index (χ3v) is 5.99. The van der Waals surface area contributed by atoms with Gasteiger partial charge < -0.3 is 9.47 Å². The standard InChI is InChI=1S/C23H20N2O2/c1-13-8-9-19-15(10-13)23(27)17-12-20-16(11-21(17)25(19)3)22(26)14-6-4-5-7-18(14)24(20)2/h4-12,15,19H,1-3H3. The number of fused-ring (bicyclic) bond motifs is 4. The number of carbonyl (C=O) groups is 1. The Morgan fingerprint density at radius 2 is 1.74 bits per heavy atom. The van der Waals surface area contributed by atoms with Crippen molar-refractivity contribution in [1.82, 2.24) is 4.57 Å². The molecule has 0 amide bonds. The normalized spacial score (nSPS) is 21.4. The topological polar surface area (TPSA) is 42.3 Å². The molecule has 0 spiro atoms. The Kier molecular flexibility index (Phi) is 3.23. The monoisotopic (exact) mass is 356 g/mol. The SMILES string of the molecule is CC1=CC2C(=O)c3cc4c(cc3N(C)C2C=C1)c(=O)c1ccccc1n4C. The van der Waals surface area contributed by atoms with Crippen molar-refractivity contribution in [1.29, 1.82) is 0 Å². The second-order valence-corrected chi connectivity index (χ2v) is 7.55. The molecule has 2 aromatic carbocycles. The lowest BCUT2D eigenvalue weighted by Crippen LogP contribution is -2.45. The summed E-state index contributed by atoms with van der Waals surface area (Å²) in [5, 5.41) is 1.35. The maximum Gasteiger partial charge on any atom is 0.197 e. The molecule has 3 aromatic rings. The van der Waals surface area contributed by atoms with Gasteiger partial charge in [-0.05, 0) is 31.2 Å². The molecule has 0 saturated heterocycles. The van der Waals surface area contributed by atoms with Crippen molar-refractivity contribution in [3.63, 3.8) is 0 Å². The molecule has 0 radical (unpaired) electrons. The van der Waals surface area contributed by atoms with Crippen LogP contribution in [0.25, 0.3) is 21.8 Å². The molecule has 0 bridgehead atoms. The number of pyridine rings is 1. The highest BCUT2D eigenvalue weighted by atomic mass is 16.1. The minimum atomic E-state index is -0.178. The van der Waals surface area contributed by atoms with Gasteiger partial charge in [-0.15, -0.1) is 0 Å². The number of benzene rings is 2. The first-order chi connectivity index (χ1) is 13.0. The van der Waals surface area contributed by atoms with Crippen LogP contribution in [0.5, 0.6) is 0 Å². The van der Waals surface area contributed by atoms with Crippen LogP contribution in [0.2, 0.25) is 0 Å². The van der Waals surface area contributed by atoms with Crippen LogP contribution >= 0.6 is 0 Å². The van der Waals surface area contributed by atoms with E-state index < -0.39 is 0 Å². The van der Waals surface area contributed by atoms with E-state index in [1.807, 2.05) is 62.0 Å². The van der Waals surface area contributed by atoms with Gasteiger partial charge in [-0.1, -0.05) is 35.9 Å². The number of likely N-dealkylation sites (N-methyl/N-ethyl adjacent to an activating group) is 1. The maximum atomic E-state index is 13.3. The van der Waals surface area contributed by atoms with Gasteiger partial charge >= 0.3 is 0 Å². The lowest BCUT2D eigenvalue weighted by molar-refractivity contribution is 0.0929. The summed E-state index contributed by atoms with van der Waals surface area (Å²) in [5.41, 5.74) is 4.32. The van der Waals surface area contributed by atoms with Crippen LogP contribution in [0.15, 0.2) is 65.0 Å². The zero-order valence-electron chi connectivity index (χ0n) is 15.6. The molecule has 4 nitrogen and oxygen atoms in total. The molecule has 1 aliphatic carbocycles. The molecule has 0 fully saturated rings. The number of allylic oxidation sites excluding steroid dienone is 2. The summed E-state index contributed by atoms with van der Waals surface area (Å²) < 4.78 is 2.01. The van der Waals surface area contributed by atoms with Crippen LogP contribution in [0.3, 0.4) is 0 Å². The number of rotatable bonds is 0. The molecule has 5 rings (SSSR count). The lowest BCUT2D eigenvalue weighted by Gasteiger charge is -2.39. The number of aromatic nitrogens is 1. The lowest BCUT2D eigenvalue weighted by atomic mass is 9.80. The largest absolute Gasteiger partial charge is 0.366 e. The summed E-state index contributed by atoms with van der Waals surface area (Å²) in [7, 11) is 3.95. The molecular weight excluding hydrogens is 336 g/mol. The smallest absolute Gasteiger partial charge is 0.197 e. The van der Waals surface area contributed by atoms with Crippen LogP contribution in [0, 0.1) is 5.92 Å². The van der Waals surface area contributed by atoms with Gasteiger partial charge in [0.25, 0.3) is 0 Å². The molecule has 2 unspecified atom stereocenters. The maximum absolute atomic E-state index is 13.3. The summed E-state index contributed by atoms with van der Waals surface area (Å²) in [5.74, 6) is -0.0539. The molecule has 27 heavy (non-hydrogen) atoms. The Bertz CT molecular complexity index is 1260. The molecule has 0 saturated carbocycles. The molecule has 0 N–H and O–H groups in total. The van der Waals surface area contributed by atoms with Crippen molar-refractivity contribution in [2.45, 2.75) is 13.0 Å². The van der Waals surface area contributed by atoms with E-state index in [1.54, 1.807) is 0 Å². The van der Waals surface area contributed by atoms with E-state index >= 15 is 0 Å². The van der Waals surface area contributed by atoms with Crippen LogP contribution in [-0.4, -0.2) is 23.4 Å². The number of anilines is 1. The van der Waals surface area contributed by atoms with Crippen LogP contribution in [0.4, 0.5) is 5.69 Å². The third-order valence-electron chi connectivity index (χ3n) is 5.99. The Morgan fingerprint density at radius 1 is 0.963 bits per heavy atom. The zero-order valence-corrected chi connectivity index (χ0v) is 15.6. The van der Waals surface area contributed by atoms with Gasteiger partial charge in [-0.2, -0.15) is 0 Å². The molecule has 4 heteroatoms. The Balaban J connectivity index is 1.86. The third kappa shape index (κ3) is 2.10. The summed E-state index contributed by atoms with van der Waals surface area (Å²) in [4.78, 5) is 28.5. The van der Waals surface area contributed by atoms with Crippen molar-refractivity contribution in [3.05, 3.63) is 76.0 Å². The Labute approximate surface area is 157 Å². The van der Waals surface area contributed by atoms with E-state index in [4.69, 9.17) is 0 Å². The first-order valence-corrected chi connectivity index (χ1v) is 9.16. The fraction of sp³-hybridized carbons (Fsp3) is 0.217. The van der Waals surface area contributed by atoms with Gasteiger partial charge in [0.1, 0.15) is 0 Å². The van der Waals surface area contributed by atoms with E-state index in [0.717, 1.165) is 22.3 Å². The minimum Gasteiger partial charge on any atom is -0.366 e. The van der Waals surface area contributed by atoms with Gasteiger partial charge in [-0.25, -0.2) is 0 Å². The van der Waals surface area contributed by atoms with Crippen molar-refractivity contribution >= 4 is 33.3 Å². The van der Waals surface area contributed by atoms with Crippen molar-refractivity contribution in [3.8, 4) is 0 Å². The predicted octanol–water partition coefficient (Wildman–Crippen LogP) is 3.83. The van der Waals surface area contributed by atoms with E-state index in [9.17, 15) is 9.59 Å². The molecule has 1 aliphatic heterocycles. The molecule has 2 heterocycles. The second kappa shape index (κ2) is 5.43. The molecule has 2 atom stereocenters. The van der Waals surface area contributed by atoms with Crippen molar-refractivity contribution in [2.24, 2.45) is 13.0 Å². The number of ketones is 1. The number of para-hydroxylation sites is 1. The number of hydrogen-bond acceptors (Lipinski definition) is 3. The number of Topliss-reactive ketones (excluding diaryl/α,β-unsaturated/α-hetero) is 1. The van der Waals surface area contributed by atoms with Gasteiger partial charge in [0, 0.05) is 36.1 Å². The highest BCUT2D eigenvalue weighted by molar-refractivity contribution is 6.10. The molecule has 2 aliphatic rings. The Hall–Kier alpha value is -3.14. The van der Waals surface area contributed by atoms with E-state index in [1.165, 1.54) is 0 Å². The highest BCUT2D eigenvalue weighted by Gasteiger charge is 2.37. The molecule has 134 valence electrons. The summed E-state index contributed by atoms with van der Waals surface area (Å²) in [6, 6.07) is 11.4. The number of carbonyl (C=O) groups excluding carboxylic acids is 1. The minimum absolute atomic E-state index is 0.00421. The summed E-state index contributed by atoms with van der Waals surface area (Å²) >= 11 is 0. The van der Waals surface area contributed by atoms with Crippen LogP contribution in [-0.2, 0) is 7.05 Å². The quantitative estimate of drug-likeness (QED) is 0.575. The first-order valence-electron chi connectivity index (χ1n) is 9.16.